The number of piperidine rings is 1. The lowest BCUT2D eigenvalue weighted by Gasteiger charge is -2.23. The van der Waals surface area contributed by atoms with Crippen LogP contribution >= 0.6 is 0 Å². The van der Waals surface area contributed by atoms with Crippen molar-refractivity contribution in [2.45, 2.75) is 51.6 Å². The van der Waals surface area contributed by atoms with Gasteiger partial charge < -0.3 is 20.2 Å². The predicted octanol–water partition coefficient (Wildman–Crippen LogP) is 3.09. The van der Waals surface area contributed by atoms with Gasteiger partial charge in [0.05, 0.1) is 11.4 Å². The normalized spacial score (nSPS) is 18.3. The third kappa shape index (κ3) is 3.43. The molecule has 0 aromatic carbocycles. The number of imidazole rings is 1. The van der Waals surface area contributed by atoms with E-state index in [9.17, 15) is 0 Å². The molecule has 0 atom stereocenters. The summed E-state index contributed by atoms with van der Waals surface area (Å²) in [5, 5.41) is 6.90. The molecule has 3 aromatic heterocycles. The molecule has 27 heavy (non-hydrogen) atoms. The molecule has 142 valence electrons. The highest BCUT2D eigenvalue weighted by Gasteiger charge is 2.24. The van der Waals surface area contributed by atoms with E-state index in [1.54, 1.807) is 0 Å². The Morgan fingerprint density at radius 1 is 1.15 bits per heavy atom. The van der Waals surface area contributed by atoms with Gasteiger partial charge in [0.2, 0.25) is 5.95 Å². The largest absolute Gasteiger partial charge is 0.359 e. The number of nitrogens with one attached hydrogen (secondary N) is 3. The van der Waals surface area contributed by atoms with E-state index in [1.807, 2.05) is 19.2 Å². The van der Waals surface area contributed by atoms with Gasteiger partial charge in [0, 0.05) is 18.8 Å². The molecule has 1 aliphatic carbocycles. The van der Waals surface area contributed by atoms with E-state index in [0.717, 1.165) is 66.3 Å². The van der Waals surface area contributed by atoms with Gasteiger partial charge >= 0.3 is 0 Å². The van der Waals surface area contributed by atoms with E-state index in [-0.39, 0.29) is 0 Å². The molecule has 0 spiro atoms. The van der Waals surface area contributed by atoms with Gasteiger partial charge in [0.25, 0.3) is 0 Å². The van der Waals surface area contributed by atoms with Gasteiger partial charge in [-0.25, -0.2) is 9.97 Å². The van der Waals surface area contributed by atoms with Gasteiger partial charge in [-0.15, -0.1) is 0 Å². The van der Waals surface area contributed by atoms with Gasteiger partial charge in [0.15, 0.2) is 11.5 Å². The second-order valence-corrected chi connectivity index (χ2v) is 7.88. The average molecular weight is 365 g/mol. The van der Waals surface area contributed by atoms with Crippen LogP contribution in [-0.4, -0.2) is 43.6 Å². The van der Waals surface area contributed by atoms with Crippen LogP contribution in [0.1, 0.15) is 37.8 Å². The number of aromatic amines is 1. The molecule has 0 bridgehead atoms. The zero-order chi connectivity index (χ0) is 18.2. The molecule has 7 heteroatoms. The number of rotatable bonds is 6. The van der Waals surface area contributed by atoms with Crippen molar-refractivity contribution in [1.29, 1.82) is 0 Å². The number of anilines is 1. The molecule has 5 rings (SSSR count). The zero-order valence-corrected chi connectivity index (χ0v) is 15.8. The minimum atomic E-state index is 0.538. The number of aryl methyl sites for hydroxylation is 2. The lowest BCUT2D eigenvalue weighted by atomic mass is 9.95. The van der Waals surface area contributed by atoms with E-state index in [0.29, 0.717) is 6.04 Å². The Hall–Kier alpha value is -2.41. The van der Waals surface area contributed by atoms with Crippen molar-refractivity contribution < 1.29 is 0 Å². The van der Waals surface area contributed by atoms with Gasteiger partial charge in [0.1, 0.15) is 5.52 Å². The Kier molecular flexibility index (Phi) is 4.32. The summed E-state index contributed by atoms with van der Waals surface area (Å²) in [6.07, 6.45) is 8.05. The topological polar surface area (TPSA) is 83.5 Å². The summed E-state index contributed by atoms with van der Waals surface area (Å²) in [5.41, 5.74) is 3.83. The van der Waals surface area contributed by atoms with Gasteiger partial charge in [-0.1, -0.05) is 0 Å². The Bertz CT molecular complexity index is 918. The second-order valence-electron chi connectivity index (χ2n) is 7.88. The van der Waals surface area contributed by atoms with Gasteiger partial charge in [-0.3, -0.25) is 0 Å². The van der Waals surface area contributed by atoms with Crippen LogP contribution < -0.4 is 10.6 Å². The number of H-pyrrole nitrogens is 1. The summed E-state index contributed by atoms with van der Waals surface area (Å²) in [6, 6.07) is 4.63. The molecule has 0 amide bonds. The maximum Gasteiger partial charge on any atom is 0.225 e. The van der Waals surface area contributed by atoms with E-state index in [2.05, 4.69) is 31.2 Å². The van der Waals surface area contributed by atoms with Crippen LogP contribution in [0.15, 0.2) is 18.3 Å². The third-order valence-electron chi connectivity index (χ3n) is 5.74. The molecule has 3 aromatic rings. The Morgan fingerprint density at radius 2 is 2.00 bits per heavy atom. The summed E-state index contributed by atoms with van der Waals surface area (Å²) in [5.74, 6) is 2.47. The Labute approximate surface area is 159 Å². The highest BCUT2D eigenvalue weighted by molar-refractivity contribution is 5.79. The number of fused-ring (bicyclic) bond motifs is 1. The third-order valence-corrected chi connectivity index (χ3v) is 5.74. The van der Waals surface area contributed by atoms with Crippen LogP contribution in [0.2, 0.25) is 0 Å². The van der Waals surface area contributed by atoms with Crippen LogP contribution in [0.25, 0.3) is 22.7 Å². The monoisotopic (exact) mass is 365 g/mol. The number of aromatic nitrogens is 5. The Morgan fingerprint density at radius 3 is 2.74 bits per heavy atom. The molecule has 4 heterocycles. The first-order valence-corrected chi connectivity index (χ1v) is 10.1. The summed E-state index contributed by atoms with van der Waals surface area (Å²) in [7, 11) is 0. The van der Waals surface area contributed by atoms with Gasteiger partial charge in [-0.05, 0) is 70.2 Å². The van der Waals surface area contributed by atoms with E-state index in [1.165, 1.54) is 25.7 Å². The fraction of sp³-hybridized carbons (Fsp3) is 0.550. The summed E-state index contributed by atoms with van der Waals surface area (Å²) in [4.78, 5) is 17.7. The van der Waals surface area contributed by atoms with Crippen molar-refractivity contribution in [3.05, 3.63) is 24.0 Å². The summed E-state index contributed by atoms with van der Waals surface area (Å²) in [6.45, 7) is 5.24. The van der Waals surface area contributed by atoms with Crippen LogP contribution in [0.4, 0.5) is 5.95 Å². The molecule has 7 nitrogen and oxygen atoms in total. The molecular weight excluding hydrogens is 338 g/mol. The van der Waals surface area contributed by atoms with Gasteiger partial charge in [-0.2, -0.15) is 4.98 Å². The molecule has 0 unspecified atom stereocenters. The minimum Gasteiger partial charge on any atom is -0.359 e. The molecule has 3 N–H and O–H groups in total. The van der Waals surface area contributed by atoms with Crippen LogP contribution in [-0.2, 0) is 6.54 Å². The van der Waals surface area contributed by atoms with Crippen molar-refractivity contribution in [1.82, 2.24) is 29.8 Å². The summed E-state index contributed by atoms with van der Waals surface area (Å²) >= 11 is 0. The van der Waals surface area contributed by atoms with Crippen LogP contribution in [0.5, 0.6) is 0 Å². The standard InChI is InChI=1S/C20H27N7/c1-13-17-19(26-20(23-13)24-15-4-5-15)27(12-8-14-6-10-21-11-7-14)18(25-17)16-3-2-9-22-16/h2-3,9,14-15,21-22H,4-8,10-12H2,1H3,(H,23,24,26). The fourth-order valence-corrected chi connectivity index (χ4v) is 3.98. The molecule has 1 aliphatic heterocycles. The molecule has 1 saturated carbocycles. The van der Waals surface area contributed by atoms with Crippen molar-refractivity contribution in [3.8, 4) is 11.5 Å². The van der Waals surface area contributed by atoms with E-state index in [4.69, 9.17) is 9.97 Å². The molecule has 0 radical (unpaired) electrons. The lowest BCUT2D eigenvalue weighted by molar-refractivity contribution is 0.339. The maximum atomic E-state index is 4.92. The average Bonchev–Trinajstić information content (AvgIpc) is 3.18. The SMILES string of the molecule is Cc1nc(NC2CC2)nc2c1nc(-c1ccc[nH]1)n2CCC1CCNCC1. The maximum absolute atomic E-state index is 4.92. The van der Waals surface area contributed by atoms with Crippen molar-refractivity contribution >= 4 is 17.1 Å². The summed E-state index contributed by atoms with van der Waals surface area (Å²) < 4.78 is 2.29. The van der Waals surface area contributed by atoms with E-state index < -0.39 is 0 Å². The number of hydrogen-bond acceptors (Lipinski definition) is 5. The molecule has 2 aliphatic rings. The highest BCUT2D eigenvalue weighted by Crippen LogP contribution is 2.29. The smallest absolute Gasteiger partial charge is 0.225 e. The highest BCUT2D eigenvalue weighted by atomic mass is 15.2. The molecule has 1 saturated heterocycles. The van der Waals surface area contributed by atoms with Crippen molar-refractivity contribution in [3.63, 3.8) is 0 Å². The minimum absolute atomic E-state index is 0.538. The van der Waals surface area contributed by atoms with Crippen LogP contribution in [0, 0.1) is 12.8 Å². The second kappa shape index (κ2) is 6.96. The first-order valence-electron chi connectivity index (χ1n) is 10.1. The first kappa shape index (κ1) is 16.7. The predicted molar refractivity (Wildman–Crippen MR) is 107 cm³/mol. The lowest BCUT2D eigenvalue weighted by Crippen LogP contribution is -2.28. The number of hydrogen-bond donors (Lipinski definition) is 3. The molecule has 2 fully saturated rings. The van der Waals surface area contributed by atoms with E-state index >= 15 is 0 Å². The first-order chi connectivity index (χ1) is 13.3. The fourth-order valence-electron chi connectivity index (χ4n) is 3.98. The van der Waals surface area contributed by atoms with Crippen LogP contribution in [0.3, 0.4) is 0 Å². The number of nitrogens with zero attached hydrogens (tertiary/aromatic N) is 4. The van der Waals surface area contributed by atoms with Crippen molar-refractivity contribution in [2.75, 3.05) is 18.4 Å². The zero-order valence-electron chi connectivity index (χ0n) is 15.8. The quantitative estimate of drug-likeness (QED) is 0.625. The Balaban J connectivity index is 1.53. The molecular formula is C20H27N7. The van der Waals surface area contributed by atoms with Crippen molar-refractivity contribution in [2.24, 2.45) is 5.92 Å².